The summed E-state index contributed by atoms with van der Waals surface area (Å²) in [5.74, 6) is 0. The van der Waals surface area contributed by atoms with Crippen molar-refractivity contribution in [2.24, 2.45) is 5.28 Å². The van der Waals surface area contributed by atoms with E-state index in [0.717, 1.165) is 5.01 Å². The molecule has 0 saturated carbocycles. The average Bonchev–Trinajstić information content (AvgIpc) is 1.87. The minimum Gasteiger partial charge on any atom is -0.737 e. The number of hydrazine groups is 1. The fourth-order valence-corrected chi connectivity index (χ4v) is 0.293. The quantitative estimate of drug-likeness (QED) is 0.313. The molecule has 0 aliphatic rings. The largest absolute Gasteiger partial charge is 0.737 e. The maximum Gasteiger partial charge on any atom is 0.0995 e. The van der Waals surface area contributed by atoms with Gasteiger partial charge in [-0.05, 0) is 5.28 Å². The van der Waals surface area contributed by atoms with E-state index in [9.17, 15) is 10.4 Å². The van der Waals surface area contributed by atoms with Crippen LogP contribution >= 0.6 is 0 Å². The fraction of sp³-hybridized carbons (Fsp3) is 1.00. The Kier molecular flexibility index (Phi) is 3.45. The van der Waals surface area contributed by atoms with Crippen molar-refractivity contribution in [1.29, 1.82) is 0 Å². The normalized spacial score (nSPS) is 11.6. The fourth-order valence-electron chi connectivity index (χ4n) is 0.293. The third-order valence-corrected chi connectivity index (χ3v) is 0.786. The molecule has 0 saturated heterocycles. The highest BCUT2D eigenvalue weighted by Gasteiger charge is 1.99. The van der Waals surface area contributed by atoms with Gasteiger partial charge in [0.1, 0.15) is 0 Å². The van der Waals surface area contributed by atoms with Crippen LogP contribution in [0.1, 0.15) is 0 Å². The van der Waals surface area contributed by atoms with E-state index >= 15 is 0 Å². The van der Waals surface area contributed by atoms with Gasteiger partial charge in [0.15, 0.2) is 0 Å². The van der Waals surface area contributed by atoms with Crippen LogP contribution in [0, 0.1) is 10.4 Å². The maximum atomic E-state index is 10.2. The standard InChI is InChI=1S/C3H9N3O3/c1-5(2-3-7)6(9)4-8/h7-8H,2-3H2,1H3/p-1/b6-4-. The van der Waals surface area contributed by atoms with Gasteiger partial charge in [0.25, 0.3) is 0 Å². The van der Waals surface area contributed by atoms with E-state index in [1.807, 2.05) is 5.28 Å². The monoisotopic (exact) mass is 134 g/mol. The first-order chi connectivity index (χ1) is 4.22. The first kappa shape index (κ1) is 7.96. The topological polar surface area (TPSA) is 85.0 Å². The number of hydrogen-bond acceptors (Lipinski definition) is 4. The van der Waals surface area contributed by atoms with Crippen molar-refractivity contribution in [3.8, 4) is 0 Å². The molecule has 54 valence electrons. The van der Waals surface area contributed by atoms with Crippen molar-refractivity contribution in [3.63, 3.8) is 0 Å². The van der Waals surface area contributed by atoms with Gasteiger partial charge >= 0.3 is 0 Å². The predicted octanol–water partition coefficient (Wildman–Crippen LogP) is -0.714. The Morgan fingerprint density at radius 1 is 1.78 bits per heavy atom. The van der Waals surface area contributed by atoms with Gasteiger partial charge in [-0.25, -0.2) is 0 Å². The Morgan fingerprint density at radius 3 is 2.67 bits per heavy atom. The van der Waals surface area contributed by atoms with E-state index < -0.39 is 0 Å². The Hall–Kier alpha value is -1.04. The second-order valence-corrected chi connectivity index (χ2v) is 1.44. The Labute approximate surface area is 52.1 Å². The first-order valence-corrected chi connectivity index (χ1v) is 2.34. The molecule has 6 nitrogen and oxygen atoms in total. The van der Waals surface area contributed by atoms with Gasteiger partial charge in [-0.15, -0.1) is 0 Å². The highest BCUT2D eigenvalue weighted by Crippen LogP contribution is 1.81. The van der Waals surface area contributed by atoms with Gasteiger partial charge in [0.05, 0.1) is 20.2 Å². The molecule has 6 heteroatoms. The van der Waals surface area contributed by atoms with E-state index in [-0.39, 0.29) is 18.1 Å². The Morgan fingerprint density at radius 2 is 2.33 bits per heavy atom. The molecule has 0 fully saturated rings. The number of aliphatic hydroxyl groups is 1. The molecule has 0 aliphatic carbocycles. The summed E-state index contributed by atoms with van der Waals surface area (Å²) < 4.78 is 0. The van der Waals surface area contributed by atoms with E-state index in [4.69, 9.17) is 5.11 Å². The van der Waals surface area contributed by atoms with Crippen LogP contribution in [-0.4, -0.2) is 35.3 Å². The molecular formula is C3H8N3O3-. The van der Waals surface area contributed by atoms with Gasteiger partial charge in [-0.2, -0.15) is 5.01 Å². The number of aliphatic hydroxyl groups excluding tert-OH is 1. The highest BCUT2D eigenvalue weighted by molar-refractivity contribution is 4.29. The number of nitrogens with zero attached hydrogens (tertiary/aromatic N) is 3. The molecule has 0 aromatic rings. The zero-order valence-electron chi connectivity index (χ0n) is 5.02. The van der Waals surface area contributed by atoms with Crippen molar-refractivity contribution >= 4 is 0 Å². The van der Waals surface area contributed by atoms with Crippen LogP contribution in [0.15, 0.2) is 5.28 Å². The molecule has 0 unspecified atom stereocenters. The highest BCUT2D eigenvalue weighted by atomic mass is 16.6. The molecule has 0 spiro atoms. The maximum absolute atomic E-state index is 10.2. The van der Waals surface area contributed by atoms with Gasteiger partial charge < -0.3 is 15.5 Å². The minimum atomic E-state index is -0.176. The second-order valence-electron chi connectivity index (χ2n) is 1.44. The predicted molar refractivity (Wildman–Crippen MR) is 29.1 cm³/mol. The van der Waals surface area contributed by atoms with Crippen molar-refractivity contribution in [2.45, 2.75) is 0 Å². The van der Waals surface area contributed by atoms with E-state index in [2.05, 4.69) is 0 Å². The first-order valence-electron chi connectivity index (χ1n) is 2.34. The van der Waals surface area contributed by atoms with Crippen molar-refractivity contribution in [2.75, 3.05) is 20.2 Å². The Balaban J connectivity index is 3.59. The molecule has 0 bridgehead atoms. The summed E-state index contributed by atoms with van der Waals surface area (Å²) in [4.78, 5) is -0.129. The lowest BCUT2D eigenvalue weighted by Gasteiger charge is -2.11. The summed E-state index contributed by atoms with van der Waals surface area (Å²) in [6.07, 6.45) is 0. The zero-order valence-corrected chi connectivity index (χ0v) is 5.02. The summed E-state index contributed by atoms with van der Waals surface area (Å²) in [5.41, 5.74) is 0. The molecule has 9 heavy (non-hydrogen) atoms. The SMILES string of the molecule is CN(CCO)/[N+]([O-])=N/[O-]. The molecule has 0 aromatic carbocycles. The minimum absolute atomic E-state index is 0.106. The molecule has 0 atom stereocenters. The van der Waals surface area contributed by atoms with Crippen LogP contribution in [0.3, 0.4) is 0 Å². The smallest absolute Gasteiger partial charge is 0.0995 e. The van der Waals surface area contributed by atoms with Crippen molar-refractivity contribution in [1.82, 2.24) is 5.01 Å². The van der Waals surface area contributed by atoms with Crippen molar-refractivity contribution < 1.29 is 10.1 Å². The van der Waals surface area contributed by atoms with Crippen LogP contribution in [0.2, 0.25) is 0 Å². The van der Waals surface area contributed by atoms with Crippen LogP contribution in [0.4, 0.5) is 0 Å². The van der Waals surface area contributed by atoms with E-state index in [1.165, 1.54) is 7.05 Å². The van der Waals surface area contributed by atoms with Gasteiger partial charge in [0.2, 0.25) is 0 Å². The Bertz CT molecular complexity index is 104. The molecule has 0 amide bonds. The molecule has 0 aliphatic heterocycles. The summed E-state index contributed by atoms with van der Waals surface area (Å²) in [7, 11) is 1.35. The number of hydrogen-bond donors (Lipinski definition) is 1. The van der Waals surface area contributed by atoms with Crippen LogP contribution in [0.5, 0.6) is 0 Å². The lowest BCUT2D eigenvalue weighted by molar-refractivity contribution is -0.684. The molecule has 0 aromatic heterocycles. The van der Waals surface area contributed by atoms with Crippen LogP contribution in [-0.2, 0) is 0 Å². The summed E-state index contributed by atoms with van der Waals surface area (Å²) in [6.45, 7) is -0.0694. The molecule has 0 heterocycles. The van der Waals surface area contributed by atoms with Gasteiger partial charge in [0, 0.05) is 4.97 Å². The van der Waals surface area contributed by atoms with Crippen molar-refractivity contribution in [3.05, 3.63) is 10.4 Å². The molecule has 1 N–H and O–H groups in total. The van der Waals surface area contributed by atoms with Crippen LogP contribution in [0.25, 0.3) is 0 Å². The zero-order chi connectivity index (χ0) is 7.28. The third kappa shape index (κ3) is 2.70. The number of likely N-dealkylation sites (N-methyl/N-ethyl adjacent to an activating group) is 1. The summed E-state index contributed by atoms with van der Waals surface area (Å²) in [6, 6.07) is 0. The van der Waals surface area contributed by atoms with E-state index in [1.54, 1.807) is 0 Å². The number of rotatable bonds is 3. The van der Waals surface area contributed by atoms with E-state index in [0.29, 0.717) is 0 Å². The molecular weight excluding hydrogens is 126 g/mol. The average molecular weight is 134 g/mol. The van der Waals surface area contributed by atoms with Gasteiger partial charge in [-0.1, -0.05) is 0 Å². The second kappa shape index (κ2) is 3.90. The lowest BCUT2D eigenvalue weighted by Crippen LogP contribution is -2.28. The summed E-state index contributed by atoms with van der Waals surface area (Å²) in [5, 5.41) is 30.8. The van der Waals surface area contributed by atoms with Gasteiger partial charge in [-0.3, -0.25) is 0 Å². The van der Waals surface area contributed by atoms with Crippen LogP contribution < -0.4 is 0 Å². The molecule has 0 rings (SSSR count). The summed E-state index contributed by atoms with van der Waals surface area (Å²) >= 11 is 0. The third-order valence-electron chi connectivity index (χ3n) is 0.786. The molecule has 0 radical (unpaired) electrons. The lowest BCUT2D eigenvalue weighted by atomic mass is 10.7.